The maximum absolute atomic E-state index is 12.9. The van der Waals surface area contributed by atoms with Gasteiger partial charge in [-0.2, -0.15) is 0 Å². The second kappa shape index (κ2) is 40.6. The van der Waals surface area contributed by atoms with E-state index in [1.165, 1.54) is 180 Å². The first-order valence-corrected chi connectivity index (χ1v) is 26.0. The smallest absolute Gasteiger partial charge is 0.268 e. The first-order valence-electron chi connectivity index (χ1n) is 24.6. The lowest BCUT2D eigenvalue weighted by molar-refractivity contribution is -0.870. The number of hydrogen-bond donors (Lipinski definition) is 2. The lowest BCUT2D eigenvalue weighted by Gasteiger charge is -2.29. The van der Waals surface area contributed by atoms with Crippen molar-refractivity contribution in [3.05, 3.63) is 12.2 Å². The molecule has 0 radical (unpaired) electrons. The number of carbonyl (C=O) groups is 1. The number of nitrogens with zero attached hydrogens (tertiary/aromatic N) is 1. The lowest BCUT2D eigenvalue weighted by Crippen LogP contribution is -2.45. The Morgan fingerprint density at radius 2 is 0.947 bits per heavy atom. The van der Waals surface area contributed by atoms with Gasteiger partial charge in [-0.1, -0.05) is 225 Å². The minimum Gasteiger partial charge on any atom is -0.756 e. The molecule has 3 unspecified atom stereocenters. The summed E-state index contributed by atoms with van der Waals surface area (Å²) in [5.74, 6) is -0.193. The van der Waals surface area contributed by atoms with E-state index in [4.69, 9.17) is 9.05 Å². The van der Waals surface area contributed by atoms with Crippen LogP contribution >= 0.6 is 7.82 Å². The molecule has 0 spiro atoms. The summed E-state index contributed by atoms with van der Waals surface area (Å²) in [5, 5.41) is 13.8. The zero-order chi connectivity index (χ0) is 42.1. The van der Waals surface area contributed by atoms with Gasteiger partial charge in [0.1, 0.15) is 13.2 Å². The standard InChI is InChI=1S/C48H97N2O6P/c1-6-8-10-12-14-16-18-20-22-23-24-25-26-27-28-30-32-34-36-38-40-42-48(52)49-46(45-56-57(53,54)55-44-43-50(3,4)5)47(51)41-39-37-35-33-31-29-21-19-17-15-13-11-9-7-2/h39,41,46-47,51H,6-38,40,42-45H2,1-5H3,(H-,49,52,53,54)/b41-39+. The molecule has 0 bridgehead atoms. The van der Waals surface area contributed by atoms with Crippen molar-refractivity contribution in [2.24, 2.45) is 0 Å². The fourth-order valence-electron chi connectivity index (χ4n) is 7.33. The Labute approximate surface area is 354 Å². The Hall–Kier alpha value is -0.760. The molecule has 0 saturated heterocycles. The number of rotatable bonds is 45. The van der Waals surface area contributed by atoms with Gasteiger partial charge in [-0.15, -0.1) is 0 Å². The third-order valence-corrected chi connectivity index (χ3v) is 12.2. The first-order chi connectivity index (χ1) is 27.5. The zero-order valence-electron chi connectivity index (χ0n) is 38.6. The number of phosphoric ester groups is 1. The van der Waals surface area contributed by atoms with E-state index in [9.17, 15) is 19.4 Å². The van der Waals surface area contributed by atoms with E-state index in [0.29, 0.717) is 17.4 Å². The molecule has 0 aromatic rings. The highest BCUT2D eigenvalue weighted by Gasteiger charge is 2.23. The molecule has 0 rings (SSSR count). The molecular weight excluding hydrogens is 732 g/mol. The minimum absolute atomic E-state index is 0.00226. The van der Waals surface area contributed by atoms with Crippen molar-refractivity contribution in [3.8, 4) is 0 Å². The van der Waals surface area contributed by atoms with Crippen LogP contribution in [0.1, 0.15) is 239 Å². The fourth-order valence-corrected chi connectivity index (χ4v) is 8.05. The van der Waals surface area contributed by atoms with Crippen molar-refractivity contribution in [2.75, 3.05) is 40.9 Å². The third-order valence-electron chi connectivity index (χ3n) is 11.2. The van der Waals surface area contributed by atoms with E-state index in [1.807, 2.05) is 27.2 Å². The number of quaternary nitrogens is 1. The minimum atomic E-state index is -4.58. The summed E-state index contributed by atoms with van der Waals surface area (Å²) in [6, 6.07) is -0.880. The van der Waals surface area contributed by atoms with Gasteiger partial charge in [-0.25, -0.2) is 0 Å². The van der Waals surface area contributed by atoms with Crippen LogP contribution in [0.5, 0.6) is 0 Å². The van der Waals surface area contributed by atoms with Crippen LogP contribution in [0.3, 0.4) is 0 Å². The SMILES string of the molecule is CCCCCCCCCCCCCC/C=C/C(O)C(COP(=O)([O-])OCC[N+](C)(C)C)NC(=O)CCCCCCCCCCCCCCCCCCCCCCC. The van der Waals surface area contributed by atoms with E-state index in [2.05, 4.69) is 19.2 Å². The largest absolute Gasteiger partial charge is 0.756 e. The number of unbranched alkanes of at least 4 members (excludes halogenated alkanes) is 32. The average Bonchev–Trinajstić information content (AvgIpc) is 3.16. The number of amides is 1. The fraction of sp³-hybridized carbons (Fsp3) is 0.938. The normalized spacial score (nSPS) is 14.3. The maximum Gasteiger partial charge on any atom is 0.268 e. The monoisotopic (exact) mass is 829 g/mol. The predicted molar refractivity (Wildman–Crippen MR) is 242 cm³/mol. The number of hydrogen-bond acceptors (Lipinski definition) is 6. The Morgan fingerprint density at radius 1 is 0.596 bits per heavy atom. The molecule has 0 aromatic heterocycles. The number of allylic oxidation sites excluding steroid dienone is 1. The number of aliphatic hydroxyl groups excluding tert-OH is 1. The van der Waals surface area contributed by atoms with Gasteiger partial charge in [-0.05, 0) is 19.3 Å². The highest BCUT2D eigenvalue weighted by atomic mass is 31.2. The van der Waals surface area contributed by atoms with Crippen molar-refractivity contribution in [2.45, 2.75) is 251 Å². The van der Waals surface area contributed by atoms with Gasteiger partial charge in [0.15, 0.2) is 0 Å². The van der Waals surface area contributed by atoms with Crippen molar-refractivity contribution in [1.29, 1.82) is 0 Å². The predicted octanol–water partition coefficient (Wildman–Crippen LogP) is 13.3. The van der Waals surface area contributed by atoms with Gasteiger partial charge in [0.05, 0.1) is 39.9 Å². The van der Waals surface area contributed by atoms with Crippen LogP contribution in [-0.2, 0) is 18.4 Å². The molecule has 0 aliphatic carbocycles. The van der Waals surface area contributed by atoms with Crippen molar-refractivity contribution < 1.29 is 32.9 Å². The van der Waals surface area contributed by atoms with Crippen LogP contribution in [0.15, 0.2) is 12.2 Å². The molecule has 0 saturated carbocycles. The van der Waals surface area contributed by atoms with Gasteiger partial charge in [-0.3, -0.25) is 9.36 Å². The Bertz CT molecular complexity index is 942. The molecule has 0 fully saturated rings. The number of likely N-dealkylation sites (N-methyl/N-ethyl adjacent to an activating group) is 1. The summed E-state index contributed by atoms with van der Waals surface area (Å²) in [6.45, 7) is 4.67. The van der Waals surface area contributed by atoms with Crippen molar-refractivity contribution >= 4 is 13.7 Å². The lowest BCUT2D eigenvalue weighted by atomic mass is 10.0. The van der Waals surface area contributed by atoms with Crippen LogP contribution in [0, 0.1) is 0 Å². The van der Waals surface area contributed by atoms with Crippen LogP contribution in [-0.4, -0.2) is 68.5 Å². The van der Waals surface area contributed by atoms with Gasteiger partial charge in [0.25, 0.3) is 7.82 Å². The van der Waals surface area contributed by atoms with E-state index >= 15 is 0 Å². The van der Waals surface area contributed by atoms with Crippen molar-refractivity contribution in [3.63, 3.8) is 0 Å². The molecule has 1 amide bonds. The molecule has 0 aromatic carbocycles. The number of nitrogens with one attached hydrogen (secondary N) is 1. The summed E-state index contributed by atoms with van der Waals surface area (Å²) in [7, 11) is 1.27. The van der Waals surface area contributed by atoms with E-state index in [-0.39, 0.29) is 19.1 Å². The molecule has 9 heteroatoms. The quantitative estimate of drug-likeness (QED) is 0.0274. The molecule has 0 aliphatic heterocycles. The number of phosphoric acid groups is 1. The second-order valence-electron chi connectivity index (χ2n) is 18.2. The van der Waals surface area contributed by atoms with Gasteiger partial charge in [0, 0.05) is 6.42 Å². The number of aliphatic hydroxyl groups is 1. The van der Waals surface area contributed by atoms with E-state index in [1.54, 1.807) is 6.08 Å². The Morgan fingerprint density at radius 3 is 1.32 bits per heavy atom. The van der Waals surface area contributed by atoms with E-state index in [0.717, 1.165) is 38.5 Å². The summed E-state index contributed by atoms with van der Waals surface area (Å²) in [6.07, 6.45) is 46.9. The first kappa shape index (κ1) is 56.2. The van der Waals surface area contributed by atoms with Crippen LogP contribution in [0.2, 0.25) is 0 Å². The van der Waals surface area contributed by atoms with Crippen LogP contribution < -0.4 is 10.2 Å². The maximum atomic E-state index is 12.9. The summed E-state index contributed by atoms with van der Waals surface area (Å²) >= 11 is 0. The second-order valence-corrected chi connectivity index (χ2v) is 19.6. The van der Waals surface area contributed by atoms with Gasteiger partial charge < -0.3 is 28.8 Å². The third kappa shape index (κ3) is 43.1. The zero-order valence-corrected chi connectivity index (χ0v) is 39.5. The Balaban J connectivity index is 4.26. The molecule has 340 valence electrons. The molecule has 57 heavy (non-hydrogen) atoms. The van der Waals surface area contributed by atoms with E-state index < -0.39 is 20.0 Å². The Kier molecular flexibility index (Phi) is 40.1. The molecule has 3 atom stereocenters. The topological polar surface area (TPSA) is 108 Å². The summed E-state index contributed by atoms with van der Waals surface area (Å²) < 4.78 is 23.2. The number of carbonyl (C=O) groups excluding carboxylic acids is 1. The summed E-state index contributed by atoms with van der Waals surface area (Å²) in [5.41, 5.74) is 0. The molecule has 2 N–H and O–H groups in total. The highest BCUT2D eigenvalue weighted by molar-refractivity contribution is 7.45. The van der Waals surface area contributed by atoms with Crippen molar-refractivity contribution in [1.82, 2.24) is 5.32 Å². The summed E-state index contributed by atoms with van der Waals surface area (Å²) in [4.78, 5) is 25.3. The molecule has 0 aliphatic rings. The molecule has 8 nitrogen and oxygen atoms in total. The van der Waals surface area contributed by atoms with Gasteiger partial charge in [0.2, 0.25) is 5.91 Å². The average molecular weight is 829 g/mol. The van der Waals surface area contributed by atoms with Crippen LogP contribution in [0.25, 0.3) is 0 Å². The molecular formula is C48H97N2O6P. The molecule has 0 heterocycles. The van der Waals surface area contributed by atoms with Crippen LogP contribution in [0.4, 0.5) is 0 Å². The van der Waals surface area contributed by atoms with Gasteiger partial charge >= 0.3 is 0 Å². The highest BCUT2D eigenvalue weighted by Crippen LogP contribution is 2.38.